The maximum atomic E-state index is 12.1. The summed E-state index contributed by atoms with van der Waals surface area (Å²) in [5.74, 6) is 0.145. The zero-order valence-corrected chi connectivity index (χ0v) is 10.9. The second kappa shape index (κ2) is 5.62. The second-order valence-electron chi connectivity index (χ2n) is 4.27. The van der Waals surface area contributed by atoms with E-state index in [1.165, 1.54) is 4.88 Å². The number of thiophene rings is 1. The average Bonchev–Trinajstić information content (AvgIpc) is 2.76. The number of carbonyl (C=O) groups excluding carboxylic acids is 1. The Labute approximate surface area is 105 Å². The molecule has 1 N–H and O–H groups in total. The van der Waals surface area contributed by atoms with Gasteiger partial charge >= 0.3 is 0 Å². The van der Waals surface area contributed by atoms with Gasteiger partial charge in [0.05, 0.1) is 11.5 Å². The molecule has 1 fully saturated rings. The number of aryl methyl sites for hydroxylation is 1. The van der Waals surface area contributed by atoms with E-state index in [0.29, 0.717) is 6.54 Å². The van der Waals surface area contributed by atoms with Crippen molar-refractivity contribution < 1.29 is 9.90 Å². The number of aliphatic hydroxyl groups is 1. The number of carbonyl (C=O) groups is 1. The summed E-state index contributed by atoms with van der Waals surface area (Å²) in [6.07, 6.45) is 0. The number of aliphatic hydroxyl groups excluding tert-OH is 1. The van der Waals surface area contributed by atoms with Gasteiger partial charge in [0.25, 0.3) is 5.91 Å². The third-order valence-electron chi connectivity index (χ3n) is 3.03. The molecule has 1 aromatic heterocycles. The van der Waals surface area contributed by atoms with Crippen LogP contribution >= 0.6 is 11.3 Å². The summed E-state index contributed by atoms with van der Waals surface area (Å²) in [7, 11) is 0. The van der Waals surface area contributed by atoms with Crippen molar-refractivity contribution >= 4 is 17.2 Å². The zero-order valence-electron chi connectivity index (χ0n) is 10.1. The standard InChI is InChI=1S/C12H18N2O2S/c1-10-2-3-11(17-10)12(16)14-6-4-13(5-7-14)8-9-15/h2-3,15H,4-9H2,1H3. The first-order valence-corrected chi connectivity index (χ1v) is 6.71. The number of hydrogen-bond donors (Lipinski definition) is 1. The fourth-order valence-corrected chi connectivity index (χ4v) is 2.86. The van der Waals surface area contributed by atoms with Crippen molar-refractivity contribution in [1.29, 1.82) is 0 Å². The van der Waals surface area contributed by atoms with Gasteiger partial charge in [0.2, 0.25) is 0 Å². The van der Waals surface area contributed by atoms with Gasteiger partial charge in [-0.2, -0.15) is 0 Å². The average molecular weight is 254 g/mol. The van der Waals surface area contributed by atoms with Gasteiger partial charge in [-0.3, -0.25) is 9.69 Å². The number of amides is 1. The van der Waals surface area contributed by atoms with Crippen LogP contribution in [-0.4, -0.2) is 60.1 Å². The van der Waals surface area contributed by atoms with E-state index >= 15 is 0 Å². The second-order valence-corrected chi connectivity index (χ2v) is 5.56. The van der Waals surface area contributed by atoms with Crippen LogP contribution < -0.4 is 0 Å². The molecule has 1 aliphatic rings. The van der Waals surface area contributed by atoms with Crippen LogP contribution in [0.15, 0.2) is 12.1 Å². The Kier molecular flexibility index (Phi) is 4.15. The molecular formula is C12H18N2O2S. The number of nitrogens with zero attached hydrogens (tertiary/aromatic N) is 2. The van der Waals surface area contributed by atoms with Crippen molar-refractivity contribution in [2.24, 2.45) is 0 Å². The van der Waals surface area contributed by atoms with E-state index in [9.17, 15) is 4.79 Å². The van der Waals surface area contributed by atoms with Crippen molar-refractivity contribution in [2.45, 2.75) is 6.92 Å². The molecule has 0 atom stereocenters. The summed E-state index contributed by atoms with van der Waals surface area (Å²) in [6, 6.07) is 3.89. The molecular weight excluding hydrogens is 236 g/mol. The molecule has 1 saturated heterocycles. The smallest absolute Gasteiger partial charge is 0.264 e. The molecule has 0 aliphatic carbocycles. The minimum Gasteiger partial charge on any atom is -0.395 e. The van der Waals surface area contributed by atoms with Crippen LogP contribution in [0.25, 0.3) is 0 Å². The summed E-state index contributed by atoms with van der Waals surface area (Å²) in [5, 5.41) is 8.85. The third kappa shape index (κ3) is 3.06. The quantitative estimate of drug-likeness (QED) is 0.868. The van der Waals surface area contributed by atoms with Crippen molar-refractivity contribution in [3.8, 4) is 0 Å². The van der Waals surface area contributed by atoms with E-state index in [4.69, 9.17) is 5.11 Å². The SMILES string of the molecule is Cc1ccc(C(=O)N2CCN(CCO)CC2)s1. The van der Waals surface area contributed by atoms with Crippen LogP contribution in [-0.2, 0) is 0 Å². The summed E-state index contributed by atoms with van der Waals surface area (Å²) < 4.78 is 0. The van der Waals surface area contributed by atoms with Crippen LogP contribution in [0, 0.1) is 6.92 Å². The number of rotatable bonds is 3. The van der Waals surface area contributed by atoms with Crippen LogP contribution in [0.4, 0.5) is 0 Å². The Morgan fingerprint density at radius 1 is 1.35 bits per heavy atom. The topological polar surface area (TPSA) is 43.8 Å². The summed E-state index contributed by atoms with van der Waals surface area (Å²) >= 11 is 1.56. The van der Waals surface area contributed by atoms with Gasteiger partial charge in [0.15, 0.2) is 0 Å². The maximum absolute atomic E-state index is 12.1. The van der Waals surface area contributed by atoms with E-state index in [-0.39, 0.29) is 12.5 Å². The molecule has 4 nitrogen and oxygen atoms in total. The fourth-order valence-electron chi connectivity index (χ4n) is 2.02. The normalized spacial score (nSPS) is 17.4. The first kappa shape index (κ1) is 12.5. The molecule has 2 heterocycles. The molecule has 5 heteroatoms. The van der Waals surface area contributed by atoms with Crippen molar-refractivity contribution in [1.82, 2.24) is 9.80 Å². The predicted octanol–water partition coefficient (Wildman–Crippen LogP) is 0.807. The lowest BCUT2D eigenvalue weighted by molar-refractivity contribution is 0.0619. The minimum atomic E-state index is 0.145. The largest absolute Gasteiger partial charge is 0.395 e. The lowest BCUT2D eigenvalue weighted by Gasteiger charge is -2.34. The van der Waals surface area contributed by atoms with Crippen LogP contribution in [0.1, 0.15) is 14.5 Å². The summed E-state index contributed by atoms with van der Waals surface area (Å²) in [6.45, 7) is 6.15. The van der Waals surface area contributed by atoms with E-state index in [1.807, 2.05) is 24.0 Å². The van der Waals surface area contributed by atoms with E-state index in [0.717, 1.165) is 31.1 Å². The monoisotopic (exact) mass is 254 g/mol. The molecule has 94 valence electrons. The highest BCUT2D eigenvalue weighted by Crippen LogP contribution is 2.18. The molecule has 1 aliphatic heterocycles. The Bertz CT molecular complexity index is 384. The first-order chi connectivity index (χ1) is 8.20. The first-order valence-electron chi connectivity index (χ1n) is 5.89. The van der Waals surface area contributed by atoms with Gasteiger partial charge in [-0.25, -0.2) is 0 Å². The van der Waals surface area contributed by atoms with Gasteiger partial charge < -0.3 is 10.0 Å². The Morgan fingerprint density at radius 2 is 2.06 bits per heavy atom. The lowest BCUT2D eigenvalue weighted by atomic mass is 10.3. The van der Waals surface area contributed by atoms with Gasteiger partial charge in [0, 0.05) is 37.6 Å². The molecule has 1 amide bonds. The fraction of sp³-hybridized carbons (Fsp3) is 0.583. The lowest BCUT2D eigenvalue weighted by Crippen LogP contribution is -2.49. The molecule has 0 spiro atoms. The molecule has 0 radical (unpaired) electrons. The highest BCUT2D eigenvalue weighted by atomic mass is 32.1. The van der Waals surface area contributed by atoms with Crippen molar-refractivity contribution in [3.05, 3.63) is 21.9 Å². The van der Waals surface area contributed by atoms with E-state index in [2.05, 4.69) is 4.90 Å². The highest BCUT2D eigenvalue weighted by Gasteiger charge is 2.22. The Balaban J connectivity index is 1.90. The van der Waals surface area contributed by atoms with Crippen LogP contribution in [0.2, 0.25) is 0 Å². The van der Waals surface area contributed by atoms with Gasteiger partial charge in [-0.05, 0) is 19.1 Å². The molecule has 17 heavy (non-hydrogen) atoms. The van der Waals surface area contributed by atoms with Gasteiger partial charge in [0.1, 0.15) is 0 Å². The van der Waals surface area contributed by atoms with Gasteiger partial charge in [-0.1, -0.05) is 0 Å². The van der Waals surface area contributed by atoms with Crippen molar-refractivity contribution in [3.63, 3.8) is 0 Å². The molecule has 1 aromatic rings. The molecule has 0 unspecified atom stereocenters. The van der Waals surface area contributed by atoms with E-state index < -0.39 is 0 Å². The Hall–Kier alpha value is -0.910. The van der Waals surface area contributed by atoms with Crippen LogP contribution in [0.5, 0.6) is 0 Å². The minimum absolute atomic E-state index is 0.145. The van der Waals surface area contributed by atoms with Gasteiger partial charge in [-0.15, -0.1) is 11.3 Å². The zero-order chi connectivity index (χ0) is 12.3. The molecule has 0 aromatic carbocycles. The summed E-state index contributed by atoms with van der Waals surface area (Å²) in [4.78, 5) is 18.2. The maximum Gasteiger partial charge on any atom is 0.264 e. The predicted molar refractivity (Wildman–Crippen MR) is 68.5 cm³/mol. The molecule has 2 rings (SSSR count). The number of hydrogen-bond acceptors (Lipinski definition) is 4. The van der Waals surface area contributed by atoms with Crippen LogP contribution in [0.3, 0.4) is 0 Å². The van der Waals surface area contributed by atoms with Crippen molar-refractivity contribution in [2.75, 3.05) is 39.3 Å². The molecule has 0 bridgehead atoms. The summed E-state index contributed by atoms with van der Waals surface area (Å²) in [5.41, 5.74) is 0. The third-order valence-corrected chi connectivity index (χ3v) is 4.02. The highest BCUT2D eigenvalue weighted by molar-refractivity contribution is 7.13. The number of β-amino-alcohol motifs (C(OH)–C–C–N with tert-alkyl or cyclic N) is 1. The van der Waals surface area contributed by atoms with E-state index in [1.54, 1.807) is 11.3 Å². The molecule has 0 saturated carbocycles. The number of piperazine rings is 1. The Morgan fingerprint density at radius 3 is 2.59 bits per heavy atom.